The molecule has 0 radical (unpaired) electrons. The molecule has 2 nitrogen and oxygen atoms in total. The predicted octanol–water partition coefficient (Wildman–Crippen LogP) is 3.99. The minimum Gasteiger partial charge on any atom is -0.370 e. The standard InChI is InChI=1S/C15H12ClFN2/c1-19(14-4-2-3-13(17)8-14)10-12-6-5-11(9-18)7-15(12)16/h2-8H,10H2,1H3. The molecule has 96 valence electrons. The molecule has 19 heavy (non-hydrogen) atoms. The van der Waals surface area contributed by atoms with Gasteiger partial charge in [-0.1, -0.05) is 23.7 Å². The smallest absolute Gasteiger partial charge is 0.125 e. The van der Waals surface area contributed by atoms with E-state index in [2.05, 4.69) is 0 Å². The van der Waals surface area contributed by atoms with Crippen LogP contribution in [0, 0.1) is 17.1 Å². The number of hydrogen-bond acceptors (Lipinski definition) is 2. The summed E-state index contributed by atoms with van der Waals surface area (Å²) < 4.78 is 13.2. The third-order valence-corrected chi connectivity index (χ3v) is 3.19. The molecule has 0 unspecified atom stereocenters. The molecule has 4 heteroatoms. The second kappa shape index (κ2) is 5.73. The molecule has 2 rings (SSSR count). The molecule has 0 amide bonds. The van der Waals surface area contributed by atoms with Gasteiger partial charge >= 0.3 is 0 Å². The maximum atomic E-state index is 13.2. The monoisotopic (exact) mass is 274 g/mol. The van der Waals surface area contributed by atoms with Crippen molar-refractivity contribution in [3.05, 3.63) is 64.4 Å². The fourth-order valence-corrected chi connectivity index (χ4v) is 2.05. The number of benzene rings is 2. The molecule has 0 aliphatic heterocycles. The van der Waals surface area contributed by atoms with E-state index in [4.69, 9.17) is 16.9 Å². The zero-order chi connectivity index (χ0) is 13.8. The van der Waals surface area contributed by atoms with Crippen molar-refractivity contribution in [2.75, 3.05) is 11.9 Å². The van der Waals surface area contributed by atoms with Gasteiger partial charge < -0.3 is 4.90 Å². The molecular weight excluding hydrogens is 263 g/mol. The van der Waals surface area contributed by atoms with Gasteiger partial charge in [-0.05, 0) is 35.9 Å². The molecule has 0 saturated heterocycles. The summed E-state index contributed by atoms with van der Waals surface area (Å²) >= 11 is 6.12. The van der Waals surface area contributed by atoms with Gasteiger partial charge in [0.05, 0.1) is 11.6 Å². The van der Waals surface area contributed by atoms with Crippen molar-refractivity contribution in [3.63, 3.8) is 0 Å². The van der Waals surface area contributed by atoms with Gasteiger partial charge in [-0.2, -0.15) is 5.26 Å². The van der Waals surface area contributed by atoms with Crippen LogP contribution in [0.5, 0.6) is 0 Å². The SMILES string of the molecule is CN(Cc1ccc(C#N)cc1Cl)c1cccc(F)c1. The molecule has 0 aliphatic carbocycles. The highest BCUT2D eigenvalue weighted by molar-refractivity contribution is 6.31. The summed E-state index contributed by atoms with van der Waals surface area (Å²) in [5, 5.41) is 9.33. The topological polar surface area (TPSA) is 27.0 Å². The van der Waals surface area contributed by atoms with Crippen molar-refractivity contribution >= 4 is 17.3 Å². The van der Waals surface area contributed by atoms with Crippen LogP contribution in [0.3, 0.4) is 0 Å². The Morgan fingerprint density at radius 1 is 1.26 bits per heavy atom. The van der Waals surface area contributed by atoms with E-state index in [0.717, 1.165) is 11.3 Å². The molecule has 0 fully saturated rings. The van der Waals surface area contributed by atoms with Gasteiger partial charge in [-0.15, -0.1) is 0 Å². The summed E-state index contributed by atoms with van der Waals surface area (Å²) in [6, 6.07) is 13.6. The van der Waals surface area contributed by atoms with Crippen LogP contribution >= 0.6 is 11.6 Å². The lowest BCUT2D eigenvalue weighted by molar-refractivity contribution is 0.627. The molecule has 0 bridgehead atoms. The lowest BCUT2D eigenvalue weighted by Gasteiger charge is -2.20. The molecule has 0 atom stereocenters. The fourth-order valence-electron chi connectivity index (χ4n) is 1.81. The van der Waals surface area contributed by atoms with Gasteiger partial charge in [-0.3, -0.25) is 0 Å². The molecule has 0 saturated carbocycles. The largest absolute Gasteiger partial charge is 0.370 e. The summed E-state index contributed by atoms with van der Waals surface area (Å²) in [6.07, 6.45) is 0. The van der Waals surface area contributed by atoms with Crippen molar-refractivity contribution < 1.29 is 4.39 Å². The molecule has 2 aromatic carbocycles. The number of rotatable bonds is 3. The minimum absolute atomic E-state index is 0.268. The van der Waals surface area contributed by atoms with E-state index in [1.165, 1.54) is 12.1 Å². The number of hydrogen-bond donors (Lipinski definition) is 0. The Balaban J connectivity index is 2.20. The minimum atomic E-state index is -0.268. The summed E-state index contributed by atoms with van der Waals surface area (Å²) in [6.45, 7) is 0.550. The Hall–Kier alpha value is -2.05. The van der Waals surface area contributed by atoms with Gasteiger partial charge in [0, 0.05) is 24.3 Å². The average molecular weight is 275 g/mol. The Labute approximate surface area is 116 Å². The summed E-state index contributed by atoms with van der Waals surface area (Å²) in [4.78, 5) is 1.90. The zero-order valence-corrected chi connectivity index (χ0v) is 11.2. The van der Waals surface area contributed by atoms with Crippen LogP contribution in [0.2, 0.25) is 5.02 Å². The van der Waals surface area contributed by atoms with Crippen LogP contribution in [0.15, 0.2) is 42.5 Å². The van der Waals surface area contributed by atoms with Crippen LogP contribution in [-0.4, -0.2) is 7.05 Å². The van der Waals surface area contributed by atoms with Gasteiger partial charge in [0.15, 0.2) is 0 Å². The molecule has 0 heterocycles. The van der Waals surface area contributed by atoms with Crippen molar-refractivity contribution in [2.24, 2.45) is 0 Å². The molecule has 0 N–H and O–H groups in total. The zero-order valence-electron chi connectivity index (χ0n) is 10.4. The Morgan fingerprint density at radius 2 is 2.05 bits per heavy atom. The maximum Gasteiger partial charge on any atom is 0.125 e. The highest BCUT2D eigenvalue weighted by Gasteiger charge is 2.07. The first-order chi connectivity index (χ1) is 9.10. The van der Waals surface area contributed by atoms with Crippen molar-refractivity contribution in [1.29, 1.82) is 5.26 Å². The fraction of sp³-hybridized carbons (Fsp3) is 0.133. The predicted molar refractivity (Wildman–Crippen MR) is 74.7 cm³/mol. The van der Waals surface area contributed by atoms with Crippen LogP contribution < -0.4 is 4.90 Å². The third-order valence-electron chi connectivity index (χ3n) is 2.84. The summed E-state index contributed by atoms with van der Waals surface area (Å²) in [5.74, 6) is -0.268. The normalized spacial score (nSPS) is 10.0. The molecular formula is C15H12ClFN2. The maximum absolute atomic E-state index is 13.2. The molecule has 0 aromatic heterocycles. The molecule has 0 aliphatic rings. The van der Waals surface area contributed by atoms with E-state index in [9.17, 15) is 4.39 Å². The van der Waals surface area contributed by atoms with Crippen LogP contribution in [0.4, 0.5) is 10.1 Å². The first-order valence-corrected chi connectivity index (χ1v) is 6.13. The lowest BCUT2D eigenvalue weighted by atomic mass is 10.1. The van der Waals surface area contributed by atoms with E-state index in [-0.39, 0.29) is 5.82 Å². The Kier molecular flexibility index (Phi) is 4.03. The average Bonchev–Trinajstić information content (AvgIpc) is 2.41. The van der Waals surface area contributed by atoms with E-state index in [1.54, 1.807) is 18.2 Å². The van der Waals surface area contributed by atoms with E-state index in [1.807, 2.05) is 30.1 Å². The highest BCUT2D eigenvalue weighted by Crippen LogP contribution is 2.22. The summed E-state index contributed by atoms with van der Waals surface area (Å²) in [7, 11) is 1.86. The number of anilines is 1. The Morgan fingerprint density at radius 3 is 2.68 bits per heavy atom. The second-order valence-electron chi connectivity index (χ2n) is 4.25. The highest BCUT2D eigenvalue weighted by atomic mass is 35.5. The van der Waals surface area contributed by atoms with Crippen LogP contribution in [-0.2, 0) is 6.54 Å². The number of halogens is 2. The quantitative estimate of drug-likeness (QED) is 0.846. The third kappa shape index (κ3) is 3.24. The van der Waals surface area contributed by atoms with Crippen molar-refractivity contribution in [3.8, 4) is 6.07 Å². The van der Waals surface area contributed by atoms with Crippen LogP contribution in [0.25, 0.3) is 0 Å². The van der Waals surface area contributed by atoms with Crippen molar-refractivity contribution in [2.45, 2.75) is 6.54 Å². The second-order valence-corrected chi connectivity index (χ2v) is 4.66. The molecule has 0 spiro atoms. The lowest BCUT2D eigenvalue weighted by Crippen LogP contribution is -2.16. The van der Waals surface area contributed by atoms with E-state index >= 15 is 0 Å². The first-order valence-electron chi connectivity index (χ1n) is 5.75. The van der Waals surface area contributed by atoms with Gasteiger partial charge in [0.2, 0.25) is 0 Å². The number of nitrogens with zero attached hydrogens (tertiary/aromatic N) is 2. The molecule has 2 aromatic rings. The van der Waals surface area contributed by atoms with Gasteiger partial charge in [0.25, 0.3) is 0 Å². The van der Waals surface area contributed by atoms with E-state index in [0.29, 0.717) is 17.1 Å². The van der Waals surface area contributed by atoms with Gasteiger partial charge in [-0.25, -0.2) is 4.39 Å². The number of nitriles is 1. The van der Waals surface area contributed by atoms with Crippen molar-refractivity contribution in [1.82, 2.24) is 0 Å². The first kappa shape index (κ1) is 13.4. The summed E-state index contributed by atoms with van der Waals surface area (Å²) in [5.41, 5.74) is 2.20. The van der Waals surface area contributed by atoms with Gasteiger partial charge in [0.1, 0.15) is 5.82 Å². The Bertz CT molecular complexity index is 634. The van der Waals surface area contributed by atoms with E-state index < -0.39 is 0 Å². The van der Waals surface area contributed by atoms with Crippen LogP contribution in [0.1, 0.15) is 11.1 Å².